The summed E-state index contributed by atoms with van der Waals surface area (Å²) in [6.07, 6.45) is 1.70. The van der Waals surface area contributed by atoms with Gasteiger partial charge in [0.1, 0.15) is 11.6 Å². The van der Waals surface area contributed by atoms with Crippen LogP contribution in [-0.2, 0) is 0 Å². The molecule has 1 atom stereocenters. The molecule has 1 saturated heterocycles. The minimum absolute atomic E-state index is 0.188. The van der Waals surface area contributed by atoms with Crippen LogP contribution in [0.25, 0.3) is 0 Å². The molecule has 0 aromatic heterocycles. The van der Waals surface area contributed by atoms with E-state index in [0.29, 0.717) is 5.56 Å². The van der Waals surface area contributed by atoms with Crippen molar-refractivity contribution in [3.8, 4) is 0 Å². The Labute approximate surface area is 86.4 Å². The highest BCUT2D eigenvalue weighted by atomic mass is 35.5. The van der Waals surface area contributed by atoms with Crippen molar-refractivity contribution in [3.63, 3.8) is 0 Å². The van der Waals surface area contributed by atoms with Gasteiger partial charge in [0, 0.05) is 12.1 Å². The van der Waals surface area contributed by atoms with E-state index in [0.717, 1.165) is 31.5 Å². The van der Waals surface area contributed by atoms with E-state index in [1.807, 2.05) is 0 Å². The summed E-state index contributed by atoms with van der Waals surface area (Å²) in [6, 6.07) is 3.30. The summed E-state index contributed by atoms with van der Waals surface area (Å²) in [5.74, 6) is -0.803. The molecule has 1 aromatic carbocycles. The molecule has 76 valence electrons. The summed E-state index contributed by atoms with van der Waals surface area (Å²) in [7, 11) is 0. The van der Waals surface area contributed by atoms with E-state index < -0.39 is 5.82 Å². The zero-order valence-corrected chi connectivity index (χ0v) is 8.27. The van der Waals surface area contributed by atoms with Gasteiger partial charge in [-0.3, -0.25) is 0 Å². The molecule has 1 aliphatic rings. The molecular weight excluding hydrogens is 208 g/mol. The van der Waals surface area contributed by atoms with Crippen molar-refractivity contribution in [1.82, 2.24) is 4.42 Å². The van der Waals surface area contributed by atoms with Gasteiger partial charge < -0.3 is 0 Å². The van der Waals surface area contributed by atoms with Crippen molar-refractivity contribution in [3.05, 3.63) is 35.4 Å². The highest BCUT2D eigenvalue weighted by Gasteiger charge is 2.27. The van der Waals surface area contributed by atoms with Crippen molar-refractivity contribution in [1.29, 1.82) is 0 Å². The van der Waals surface area contributed by atoms with E-state index in [9.17, 15) is 8.78 Å². The molecule has 1 fully saturated rings. The Kier molecular flexibility index (Phi) is 2.70. The predicted octanol–water partition coefficient (Wildman–Crippen LogP) is 3.26. The van der Waals surface area contributed by atoms with Gasteiger partial charge in [0.15, 0.2) is 0 Å². The Bertz CT molecular complexity index is 343. The number of rotatable bonds is 1. The van der Waals surface area contributed by atoms with Crippen LogP contribution in [0.2, 0.25) is 0 Å². The van der Waals surface area contributed by atoms with Gasteiger partial charge in [0.2, 0.25) is 0 Å². The van der Waals surface area contributed by atoms with Gasteiger partial charge in [-0.2, -0.15) is 0 Å². The largest absolute Gasteiger partial charge is 0.213 e. The first-order chi connectivity index (χ1) is 6.68. The molecule has 1 heterocycles. The quantitative estimate of drug-likeness (QED) is 0.653. The molecule has 1 aliphatic heterocycles. The highest BCUT2D eigenvalue weighted by Crippen LogP contribution is 2.34. The summed E-state index contributed by atoms with van der Waals surface area (Å²) in [6.45, 7) is 0.724. The number of benzene rings is 1. The topological polar surface area (TPSA) is 3.24 Å². The van der Waals surface area contributed by atoms with E-state index in [1.54, 1.807) is 0 Å². The van der Waals surface area contributed by atoms with Crippen LogP contribution in [0.4, 0.5) is 8.78 Å². The zero-order valence-electron chi connectivity index (χ0n) is 7.51. The van der Waals surface area contributed by atoms with Crippen LogP contribution < -0.4 is 0 Å². The maximum atomic E-state index is 13.3. The third-order valence-electron chi connectivity index (χ3n) is 2.50. The molecule has 2 rings (SSSR count). The molecule has 0 saturated carbocycles. The molecule has 1 nitrogen and oxygen atoms in total. The van der Waals surface area contributed by atoms with Crippen molar-refractivity contribution in [2.24, 2.45) is 0 Å². The van der Waals surface area contributed by atoms with E-state index >= 15 is 0 Å². The minimum atomic E-state index is -0.418. The normalized spacial score (nSPS) is 22.9. The van der Waals surface area contributed by atoms with Crippen LogP contribution in [0.1, 0.15) is 24.4 Å². The predicted molar refractivity (Wildman–Crippen MR) is 50.9 cm³/mol. The molecule has 1 unspecified atom stereocenters. The maximum Gasteiger partial charge on any atom is 0.128 e. The van der Waals surface area contributed by atoms with E-state index in [2.05, 4.69) is 0 Å². The SMILES string of the molecule is Fc1ccc(F)c(C2CCCN2Cl)c1. The maximum absolute atomic E-state index is 13.3. The molecule has 1 aromatic rings. The third-order valence-corrected chi connectivity index (χ3v) is 2.91. The van der Waals surface area contributed by atoms with Crippen molar-refractivity contribution < 1.29 is 8.78 Å². The molecule has 4 heteroatoms. The zero-order chi connectivity index (χ0) is 10.1. The fraction of sp³-hybridized carbons (Fsp3) is 0.400. The van der Waals surface area contributed by atoms with Crippen LogP contribution in [0.3, 0.4) is 0 Å². The van der Waals surface area contributed by atoms with Gasteiger partial charge in [-0.25, -0.2) is 13.2 Å². The van der Waals surface area contributed by atoms with Crippen molar-refractivity contribution in [2.75, 3.05) is 6.54 Å². The lowest BCUT2D eigenvalue weighted by Crippen LogP contribution is -2.13. The Hall–Kier alpha value is -0.670. The van der Waals surface area contributed by atoms with Gasteiger partial charge in [0.25, 0.3) is 0 Å². The summed E-state index contributed by atoms with van der Waals surface area (Å²) in [5.41, 5.74) is 0.359. The fourth-order valence-electron chi connectivity index (χ4n) is 1.81. The molecule has 0 radical (unpaired) electrons. The Morgan fingerprint density at radius 2 is 2.14 bits per heavy atom. The van der Waals surface area contributed by atoms with Gasteiger partial charge >= 0.3 is 0 Å². The smallest absolute Gasteiger partial charge is 0.128 e. The van der Waals surface area contributed by atoms with E-state index in [1.165, 1.54) is 10.5 Å². The number of halogens is 3. The lowest BCUT2D eigenvalue weighted by Gasteiger charge is -2.17. The molecule has 0 spiro atoms. The van der Waals surface area contributed by atoms with Crippen molar-refractivity contribution in [2.45, 2.75) is 18.9 Å². The molecule has 0 amide bonds. The molecule has 0 bridgehead atoms. The van der Waals surface area contributed by atoms with Crippen LogP contribution >= 0.6 is 11.8 Å². The standard InChI is InChI=1S/C10H10ClF2N/c11-14-5-1-2-10(14)8-6-7(12)3-4-9(8)13/h3-4,6,10H,1-2,5H2. The molecule has 0 N–H and O–H groups in total. The second kappa shape index (κ2) is 3.83. The molecular formula is C10H10ClF2N. The average Bonchev–Trinajstić information content (AvgIpc) is 2.56. The van der Waals surface area contributed by atoms with Gasteiger partial charge in [-0.1, -0.05) is 0 Å². The van der Waals surface area contributed by atoms with Crippen LogP contribution in [-0.4, -0.2) is 11.0 Å². The van der Waals surface area contributed by atoms with Crippen LogP contribution in [0, 0.1) is 11.6 Å². The first kappa shape index (κ1) is 9.87. The van der Waals surface area contributed by atoms with Gasteiger partial charge in [0.05, 0.1) is 6.04 Å². The van der Waals surface area contributed by atoms with Crippen LogP contribution in [0.5, 0.6) is 0 Å². The summed E-state index contributed by atoms with van der Waals surface area (Å²) in [4.78, 5) is 0. The van der Waals surface area contributed by atoms with Gasteiger partial charge in [-0.05, 0) is 42.8 Å². The Morgan fingerprint density at radius 3 is 2.79 bits per heavy atom. The number of hydrogen-bond acceptors (Lipinski definition) is 1. The molecule has 0 aliphatic carbocycles. The lowest BCUT2D eigenvalue weighted by molar-refractivity contribution is 0.416. The Morgan fingerprint density at radius 1 is 1.36 bits per heavy atom. The van der Waals surface area contributed by atoms with Crippen LogP contribution in [0.15, 0.2) is 18.2 Å². The lowest BCUT2D eigenvalue weighted by atomic mass is 10.0. The third kappa shape index (κ3) is 1.74. The molecule has 14 heavy (non-hydrogen) atoms. The number of hydrogen-bond donors (Lipinski definition) is 0. The number of nitrogens with zero attached hydrogens (tertiary/aromatic N) is 1. The first-order valence-corrected chi connectivity index (χ1v) is 4.89. The monoisotopic (exact) mass is 217 g/mol. The minimum Gasteiger partial charge on any atom is -0.213 e. The summed E-state index contributed by atoms with van der Waals surface area (Å²) < 4.78 is 27.8. The second-order valence-electron chi connectivity index (χ2n) is 3.45. The summed E-state index contributed by atoms with van der Waals surface area (Å²) >= 11 is 5.88. The fourth-order valence-corrected chi connectivity index (χ4v) is 2.13. The Balaban J connectivity index is 2.34. The van der Waals surface area contributed by atoms with E-state index in [-0.39, 0.29) is 11.9 Å². The first-order valence-electron chi connectivity index (χ1n) is 4.56. The van der Waals surface area contributed by atoms with Gasteiger partial charge in [-0.15, -0.1) is 0 Å². The second-order valence-corrected chi connectivity index (χ2v) is 3.88. The highest BCUT2D eigenvalue weighted by molar-refractivity contribution is 6.13. The van der Waals surface area contributed by atoms with E-state index in [4.69, 9.17) is 11.8 Å². The van der Waals surface area contributed by atoms with Crippen molar-refractivity contribution >= 4 is 11.8 Å². The summed E-state index contributed by atoms with van der Waals surface area (Å²) in [5, 5.41) is 0. The average molecular weight is 218 g/mol.